The Morgan fingerprint density at radius 1 is 1.10 bits per heavy atom. The maximum absolute atomic E-state index is 5.79. The van der Waals surface area contributed by atoms with Gasteiger partial charge in [-0.15, -0.1) is 34.2 Å². The summed E-state index contributed by atoms with van der Waals surface area (Å²) in [7, 11) is 4.14. The topological polar surface area (TPSA) is 79.1 Å². The summed E-state index contributed by atoms with van der Waals surface area (Å²) in [5.74, 6) is 2.48. The van der Waals surface area contributed by atoms with E-state index in [0.29, 0.717) is 13.1 Å². The van der Waals surface area contributed by atoms with Crippen molar-refractivity contribution in [2.24, 2.45) is 4.99 Å². The summed E-state index contributed by atoms with van der Waals surface area (Å²) in [5.41, 5.74) is 1.96. The zero-order valence-electron chi connectivity index (χ0n) is 18.4. The fraction of sp³-hybridized carbons (Fsp3) is 0.409. The SMILES string of the molecule is CCNC(=NCc1ccc(OCCCN(C)C)cc1)NCc1nnc2ccccn12.I. The molecule has 1 aromatic carbocycles. The highest BCUT2D eigenvalue weighted by Crippen LogP contribution is 2.13. The van der Waals surface area contributed by atoms with E-state index in [1.54, 1.807) is 0 Å². The third kappa shape index (κ3) is 7.98. The van der Waals surface area contributed by atoms with E-state index in [0.717, 1.165) is 54.9 Å². The van der Waals surface area contributed by atoms with Crippen molar-refractivity contribution in [3.8, 4) is 5.75 Å². The molecule has 0 aliphatic heterocycles. The number of aromatic nitrogens is 3. The summed E-state index contributed by atoms with van der Waals surface area (Å²) >= 11 is 0. The van der Waals surface area contributed by atoms with Gasteiger partial charge in [0.1, 0.15) is 5.75 Å². The highest BCUT2D eigenvalue weighted by atomic mass is 127. The van der Waals surface area contributed by atoms with Crippen LogP contribution in [0.25, 0.3) is 5.65 Å². The standard InChI is InChI=1S/C22H31N7O.HI/c1-4-23-22(25-17-21-27-26-20-8-5-6-14-29(20)21)24-16-18-9-11-19(12-10-18)30-15-7-13-28(2)3;/h5-6,8-12,14H,4,7,13,15-17H2,1-3H3,(H2,23,24,25);1H. The monoisotopic (exact) mass is 537 g/mol. The molecule has 0 unspecified atom stereocenters. The smallest absolute Gasteiger partial charge is 0.191 e. The second-order valence-electron chi connectivity index (χ2n) is 7.24. The molecule has 0 aliphatic rings. The van der Waals surface area contributed by atoms with Crippen LogP contribution in [-0.4, -0.2) is 59.2 Å². The van der Waals surface area contributed by atoms with E-state index in [1.165, 1.54) is 0 Å². The fourth-order valence-electron chi connectivity index (χ4n) is 2.95. The zero-order chi connectivity index (χ0) is 21.2. The number of nitrogens with zero attached hydrogens (tertiary/aromatic N) is 5. The molecule has 0 saturated heterocycles. The number of hydrogen-bond donors (Lipinski definition) is 2. The van der Waals surface area contributed by atoms with Crippen LogP contribution in [0, 0.1) is 0 Å². The molecule has 2 aromatic heterocycles. The minimum Gasteiger partial charge on any atom is -0.494 e. The van der Waals surface area contributed by atoms with Gasteiger partial charge in [0, 0.05) is 19.3 Å². The molecule has 9 heteroatoms. The van der Waals surface area contributed by atoms with Gasteiger partial charge in [0.2, 0.25) is 0 Å². The molecule has 2 heterocycles. The number of aliphatic imine (C=N–C) groups is 1. The number of pyridine rings is 1. The van der Waals surface area contributed by atoms with Gasteiger partial charge in [0.05, 0.1) is 19.7 Å². The van der Waals surface area contributed by atoms with Gasteiger partial charge in [0.15, 0.2) is 17.4 Å². The molecule has 0 amide bonds. The Bertz CT molecular complexity index is 940. The van der Waals surface area contributed by atoms with Crippen LogP contribution in [0.1, 0.15) is 24.7 Å². The highest BCUT2D eigenvalue weighted by Gasteiger charge is 2.05. The maximum Gasteiger partial charge on any atom is 0.191 e. The number of hydrogen-bond acceptors (Lipinski definition) is 5. The van der Waals surface area contributed by atoms with Crippen molar-refractivity contribution in [1.82, 2.24) is 30.1 Å². The van der Waals surface area contributed by atoms with Crippen molar-refractivity contribution in [1.29, 1.82) is 0 Å². The lowest BCUT2D eigenvalue weighted by Gasteiger charge is -2.11. The summed E-state index contributed by atoms with van der Waals surface area (Å²) in [4.78, 5) is 6.84. The van der Waals surface area contributed by atoms with Gasteiger partial charge in [-0.25, -0.2) is 4.99 Å². The van der Waals surface area contributed by atoms with E-state index in [-0.39, 0.29) is 24.0 Å². The number of halogens is 1. The summed E-state index contributed by atoms with van der Waals surface area (Å²) < 4.78 is 7.75. The lowest BCUT2D eigenvalue weighted by Crippen LogP contribution is -2.37. The lowest BCUT2D eigenvalue weighted by atomic mass is 10.2. The molecular weight excluding hydrogens is 505 g/mol. The Balaban J connectivity index is 0.00000341. The average molecular weight is 537 g/mol. The molecule has 0 aliphatic carbocycles. The first-order chi connectivity index (χ1) is 14.7. The molecule has 31 heavy (non-hydrogen) atoms. The van der Waals surface area contributed by atoms with Crippen LogP contribution < -0.4 is 15.4 Å². The van der Waals surface area contributed by atoms with Gasteiger partial charge < -0.3 is 20.3 Å². The molecule has 0 radical (unpaired) electrons. The van der Waals surface area contributed by atoms with Crippen LogP contribution in [0.15, 0.2) is 53.7 Å². The Kier molecular flexibility index (Phi) is 10.5. The minimum atomic E-state index is 0. The Morgan fingerprint density at radius 2 is 1.90 bits per heavy atom. The lowest BCUT2D eigenvalue weighted by molar-refractivity contribution is 0.281. The van der Waals surface area contributed by atoms with E-state index in [2.05, 4.69) is 57.0 Å². The van der Waals surface area contributed by atoms with Gasteiger partial charge in [0.25, 0.3) is 0 Å². The van der Waals surface area contributed by atoms with E-state index in [1.807, 2.05) is 47.9 Å². The second kappa shape index (κ2) is 13.1. The molecule has 0 atom stereocenters. The third-order valence-corrected chi connectivity index (χ3v) is 4.50. The number of nitrogens with one attached hydrogen (secondary N) is 2. The van der Waals surface area contributed by atoms with Gasteiger partial charge >= 0.3 is 0 Å². The minimum absolute atomic E-state index is 0. The molecule has 0 bridgehead atoms. The summed E-state index contributed by atoms with van der Waals surface area (Å²) in [6.45, 7) is 5.70. The molecule has 2 N–H and O–H groups in total. The van der Waals surface area contributed by atoms with Crippen molar-refractivity contribution in [3.05, 3.63) is 60.0 Å². The summed E-state index contributed by atoms with van der Waals surface area (Å²) in [5, 5.41) is 15.0. The van der Waals surface area contributed by atoms with E-state index in [4.69, 9.17) is 4.74 Å². The number of rotatable bonds is 10. The van der Waals surface area contributed by atoms with Crippen LogP contribution in [0.5, 0.6) is 5.75 Å². The molecule has 0 spiro atoms. The Labute approximate surface area is 201 Å². The van der Waals surface area contributed by atoms with Crippen LogP contribution >= 0.6 is 24.0 Å². The predicted molar refractivity (Wildman–Crippen MR) is 135 cm³/mol. The summed E-state index contributed by atoms with van der Waals surface area (Å²) in [6.07, 6.45) is 2.97. The normalized spacial score (nSPS) is 11.4. The largest absolute Gasteiger partial charge is 0.494 e. The van der Waals surface area contributed by atoms with Crippen molar-refractivity contribution in [2.45, 2.75) is 26.4 Å². The highest BCUT2D eigenvalue weighted by molar-refractivity contribution is 14.0. The van der Waals surface area contributed by atoms with E-state index < -0.39 is 0 Å². The molecule has 3 rings (SSSR count). The number of guanidine groups is 1. The predicted octanol–water partition coefficient (Wildman–Crippen LogP) is 2.93. The Morgan fingerprint density at radius 3 is 2.65 bits per heavy atom. The number of benzene rings is 1. The van der Waals surface area contributed by atoms with Gasteiger partial charge in [-0.1, -0.05) is 18.2 Å². The molecule has 0 fully saturated rings. The van der Waals surface area contributed by atoms with Crippen LogP contribution in [0.2, 0.25) is 0 Å². The first-order valence-electron chi connectivity index (χ1n) is 10.3. The first-order valence-corrected chi connectivity index (χ1v) is 10.3. The van der Waals surface area contributed by atoms with Crippen molar-refractivity contribution < 1.29 is 4.74 Å². The Hall–Kier alpha value is -2.40. The molecule has 8 nitrogen and oxygen atoms in total. The van der Waals surface area contributed by atoms with Gasteiger partial charge in [-0.2, -0.15) is 0 Å². The van der Waals surface area contributed by atoms with Gasteiger partial charge in [-0.05, 0) is 57.3 Å². The number of ether oxygens (including phenoxy) is 1. The van der Waals surface area contributed by atoms with Crippen LogP contribution in [-0.2, 0) is 13.1 Å². The maximum atomic E-state index is 5.79. The molecule has 168 valence electrons. The summed E-state index contributed by atoms with van der Waals surface area (Å²) in [6, 6.07) is 14.0. The average Bonchev–Trinajstić information content (AvgIpc) is 3.17. The van der Waals surface area contributed by atoms with Crippen molar-refractivity contribution in [3.63, 3.8) is 0 Å². The fourth-order valence-corrected chi connectivity index (χ4v) is 2.95. The first kappa shape index (κ1) is 24.9. The van der Waals surface area contributed by atoms with Crippen LogP contribution in [0.3, 0.4) is 0 Å². The molecular formula is C22H32IN7O. The molecule has 3 aromatic rings. The third-order valence-electron chi connectivity index (χ3n) is 4.50. The van der Waals surface area contributed by atoms with Gasteiger partial charge in [-0.3, -0.25) is 4.40 Å². The van der Waals surface area contributed by atoms with E-state index >= 15 is 0 Å². The quantitative estimate of drug-likeness (QED) is 0.179. The number of fused-ring (bicyclic) bond motifs is 1. The second-order valence-corrected chi connectivity index (χ2v) is 7.24. The van der Waals surface area contributed by atoms with Crippen LogP contribution in [0.4, 0.5) is 0 Å². The zero-order valence-corrected chi connectivity index (χ0v) is 20.7. The van der Waals surface area contributed by atoms with Crippen molar-refractivity contribution in [2.75, 3.05) is 33.8 Å². The molecule has 0 saturated carbocycles. The van der Waals surface area contributed by atoms with Crippen molar-refractivity contribution >= 4 is 35.6 Å². The van der Waals surface area contributed by atoms with E-state index in [9.17, 15) is 0 Å².